The monoisotopic (exact) mass is 585 g/mol. The van der Waals surface area contributed by atoms with Crippen molar-refractivity contribution < 1.29 is 24.1 Å². The number of aliphatic carboxylic acids is 1. The molecule has 2 aliphatic heterocycles. The van der Waals surface area contributed by atoms with Crippen LogP contribution in [0.2, 0.25) is 5.28 Å². The van der Waals surface area contributed by atoms with Gasteiger partial charge in [-0.3, -0.25) is 4.57 Å². The molecule has 0 amide bonds. The van der Waals surface area contributed by atoms with Gasteiger partial charge in [0.15, 0.2) is 35.1 Å². The van der Waals surface area contributed by atoms with Gasteiger partial charge < -0.3 is 24.6 Å². The van der Waals surface area contributed by atoms with Crippen molar-refractivity contribution in [3.63, 3.8) is 0 Å². The van der Waals surface area contributed by atoms with E-state index in [0.29, 0.717) is 23.5 Å². The van der Waals surface area contributed by atoms with Crippen molar-refractivity contribution in [2.75, 3.05) is 5.32 Å². The highest BCUT2D eigenvalue weighted by molar-refractivity contribution is 14.1. The van der Waals surface area contributed by atoms with Crippen molar-refractivity contribution in [1.82, 2.24) is 19.5 Å². The summed E-state index contributed by atoms with van der Waals surface area (Å²) in [6, 6.07) is 8.06. The molecule has 10 nitrogen and oxygen atoms in total. The summed E-state index contributed by atoms with van der Waals surface area (Å²) in [5, 5.41) is 13.1. The SMILES string of the molecule is CC1(C)O[C@H]2[C@H](n3cnc4c(NCc5cccc(I)c5)nc(Cl)nc43)O[C@H](C(=O)O)[C@@]2(C)O1. The minimum absolute atomic E-state index is 0.0221. The molecule has 4 atom stereocenters. The fourth-order valence-electron chi connectivity index (χ4n) is 4.47. The second-order valence-corrected chi connectivity index (χ2v) is 10.2. The quantitative estimate of drug-likeness (QED) is 0.342. The van der Waals surface area contributed by atoms with Gasteiger partial charge in [0.25, 0.3) is 0 Å². The number of nitrogens with one attached hydrogen (secondary N) is 1. The molecule has 0 aliphatic carbocycles. The topological polar surface area (TPSA) is 121 Å². The van der Waals surface area contributed by atoms with Crippen molar-refractivity contribution in [3.05, 3.63) is 45.0 Å². The molecule has 2 aliphatic rings. The largest absolute Gasteiger partial charge is 0.479 e. The molecule has 2 aromatic heterocycles. The number of carboxylic acids is 1. The lowest BCUT2D eigenvalue weighted by Crippen LogP contribution is -2.47. The highest BCUT2D eigenvalue weighted by Gasteiger charge is 2.66. The molecule has 2 saturated heterocycles. The Bertz CT molecular complexity index is 1250. The molecular formula is C21H21ClIN5O5. The van der Waals surface area contributed by atoms with Crippen molar-refractivity contribution in [2.24, 2.45) is 0 Å². The first-order valence-electron chi connectivity index (χ1n) is 10.2. The lowest BCUT2D eigenvalue weighted by molar-refractivity contribution is -0.214. The number of carbonyl (C=O) groups is 1. The van der Waals surface area contributed by atoms with E-state index < -0.39 is 35.8 Å². The molecule has 2 N–H and O–H groups in total. The van der Waals surface area contributed by atoms with E-state index in [1.165, 1.54) is 6.33 Å². The maximum Gasteiger partial charge on any atom is 0.336 e. The van der Waals surface area contributed by atoms with Crippen molar-refractivity contribution >= 4 is 57.1 Å². The van der Waals surface area contributed by atoms with Gasteiger partial charge >= 0.3 is 5.97 Å². The first kappa shape index (κ1) is 22.7. The molecule has 5 rings (SSSR count). The lowest BCUT2D eigenvalue weighted by atomic mass is 9.94. The number of nitrogens with zero attached hydrogens (tertiary/aromatic N) is 4. The molecule has 3 aromatic rings. The molecule has 0 unspecified atom stereocenters. The van der Waals surface area contributed by atoms with Gasteiger partial charge in [0.2, 0.25) is 5.28 Å². The number of fused-ring (bicyclic) bond motifs is 2. The van der Waals surface area contributed by atoms with Crippen LogP contribution in [0.3, 0.4) is 0 Å². The van der Waals surface area contributed by atoms with Gasteiger partial charge in [0.1, 0.15) is 11.7 Å². The number of imidazole rings is 1. The normalized spacial score (nSPS) is 28.2. The zero-order chi connectivity index (χ0) is 23.5. The first-order valence-corrected chi connectivity index (χ1v) is 11.7. The minimum atomic E-state index is -1.23. The Hall–Kier alpha value is -2.06. The van der Waals surface area contributed by atoms with E-state index in [4.69, 9.17) is 25.8 Å². The fourth-order valence-corrected chi connectivity index (χ4v) is 5.24. The summed E-state index contributed by atoms with van der Waals surface area (Å²) in [6.45, 7) is 5.67. The van der Waals surface area contributed by atoms with Crippen molar-refractivity contribution in [3.8, 4) is 0 Å². The van der Waals surface area contributed by atoms with Gasteiger partial charge in [-0.15, -0.1) is 0 Å². The third-order valence-corrected chi connectivity index (χ3v) is 6.58. The van der Waals surface area contributed by atoms with Crippen LogP contribution in [0.15, 0.2) is 30.6 Å². The number of anilines is 1. The molecule has 33 heavy (non-hydrogen) atoms. The Labute approximate surface area is 207 Å². The van der Waals surface area contributed by atoms with Gasteiger partial charge in [-0.05, 0) is 72.7 Å². The van der Waals surface area contributed by atoms with Crippen LogP contribution in [0, 0.1) is 3.57 Å². The minimum Gasteiger partial charge on any atom is -0.479 e. The predicted molar refractivity (Wildman–Crippen MR) is 127 cm³/mol. The molecule has 0 saturated carbocycles. The third kappa shape index (κ3) is 3.95. The third-order valence-electron chi connectivity index (χ3n) is 5.74. The second-order valence-electron chi connectivity index (χ2n) is 8.62. The van der Waals surface area contributed by atoms with Crippen LogP contribution in [-0.2, 0) is 25.5 Å². The van der Waals surface area contributed by atoms with Crippen LogP contribution in [0.4, 0.5) is 5.82 Å². The van der Waals surface area contributed by atoms with E-state index in [2.05, 4.69) is 48.9 Å². The van der Waals surface area contributed by atoms with Crippen molar-refractivity contribution in [1.29, 1.82) is 0 Å². The van der Waals surface area contributed by atoms with Gasteiger partial charge in [0, 0.05) is 10.1 Å². The average molecular weight is 586 g/mol. The molecule has 0 radical (unpaired) electrons. The smallest absolute Gasteiger partial charge is 0.336 e. The molecule has 4 heterocycles. The Kier molecular flexibility index (Phi) is 5.52. The molecule has 0 bridgehead atoms. The van der Waals surface area contributed by atoms with Gasteiger partial charge in [0.05, 0.1) is 6.33 Å². The van der Waals surface area contributed by atoms with Crippen LogP contribution in [-0.4, -0.2) is 54.2 Å². The maximum absolute atomic E-state index is 11.9. The van der Waals surface area contributed by atoms with E-state index in [9.17, 15) is 9.90 Å². The van der Waals surface area contributed by atoms with Crippen LogP contribution < -0.4 is 5.32 Å². The predicted octanol–water partition coefficient (Wildman–Crippen LogP) is 3.59. The molecule has 1 aromatic carbocycles. The Morgan fingerprint density at radius 2 is 2.12 bits per heavy atom. The van der Waals surface area contributed by atoms with Gasteiger partial charge in [-0.2, -0.15) is 9.97 Å². The van der Waals surface area contributed by atoms with E-state index >= 15 is 0 Å². The Morgan fingerprint density at radius 1 is 1.33 bits per heavy atom. The number of aromatic nitrogens is 4. The lowest BCUT2D eigenvalue weighted by Gasteiger charge is -2.26. The number of hydrogen-bond acceptors (Lipinski definition) is 8. The summed E-state index contributed by atoms with van der Waals surface area (Å²) in [6.07, 6.45) is -1.25. The van der Waals surface area contributed by atoms with E-state index in [1.54, 1.807) is 25.3 Å². The van der Waals surface area contributed by atoms with Gasteiger partial charge in [-0.1, -0.05) is 12.1 Å². The summed E-state index contributed by atoms with van der Waals surface area (Å²) < 4.78 is 20.7. The highest BCUT2D eigenvalue weighted by atomic mass is 127. The zero-order valence-corrected chi connectivity index (χ0v) is 20.9. The van der Waals surface area contributed by atoms with Crippen LogP contribution >= 0.6 is 34.2 Å². The number of ether oxygens (including phenoxy) is 3. The molecular weight excluding hydrogens is 565 g/mol. The van der Waals surface area contributed by atoms with Crippen LogP contribution in [0.25, 0.3) is 11.2 Å². The van der Waals surface area contributed by atoms with Crippen LogP contribution in [0.1, 0.15) is 32.6 Å². The summed E-state index contributed by atoms with van der Waals surface area (Å²) in [5.41, 5.74) is 0.750. The molecule has 2 fully saturated rings. The van der Waals surface area contributed by atoms with E-state index in [0.717, 1.165) is 9.13 Å². The van der Waals surface area contributed by atoms with Crippen molar-refractivity contribution in [2.45, 2.75) is 57.1 Å². The Morgan fingerprint density at radius 3 is 2.85 bits per heavy atom. The molecule has 0 spiro atoms. The number of rotatable bonds is 5. The summed E-state index contributed by atoms with van der Waals surface area (Å²) in [7, 11) is 0. The number of halogens is 2. The number of hydrogen-bond donors (Lipinski definition) is 2. The molecule has 12 heteroatoms. The van der Waals surface area contributed by atoms with Gasteiger partial charge in [-0.25, -0.2) is 9.78 Å². The van der Waals surface area contributed by atoms with Crippen LogP contribution in [0.5, 0.6) is 0 Å². The standard InChI is InChI=1S/C21H21ClIN5O5/c1-20(2)32-13-17(31-14(18(29)30)21(13,3)33-20)28-9-25-12-15(26-19(22)27-16(12)28)24-8-10-5-4-6-11(23)7-10/h4-7,9,13-14,17H,8H2,1-3H3,(H,29,30)(H,24,26,27)/t13-,14+,17+,21-/m0/s1. The first-order chi connectivity index (χ1) is 15.6. The maximum atomic E-state index is 11.9. The fraction of sp³-hybridized carbons (Fsp3) is 0.429. The molecule has 174 valence electrons. The summed E-state index contributed by atoms with van der Waals surface area (Å²) >= 11 is 8.49. The number of carboxylic acid groups (broad SMARTS) is 1. The second kappa shape index (κ2) is 8.01. The zero-order valence-electron chi connectivity index (χ0n) is 18.0. The number of benzene rings is 1. The highest BCUT2D eigenvalue weighted by Crippen LogP contribution is 2.50. The average Bonchev–Trinajstić information content (AvgIpc) is 3.32. The van der Waals surface area contributed by atoms with E-state index in [-0.39, 0.29) is 5.28 Å². The Balaban J connectivity index is 1.51. The summed E-state index contributed by atoms with van der Waals surface area (Å²) in [4.78, 5) is 25.1. The summed E-state index contributed by atoms with van der Waals surface area (Å²) in [5.74, 6) is -1.65. The van der Waals surface area contributed by atoms with E-state index in [1.807, 2.05) is 18.2 Å².